The van der Waals surface area contributed by atoms with E-state index in [1.807, 2.05) is 79.3 Å². The molecule has 0 saturated carbocycles. The molecule has 0 unspecified atom stereocenters. The van der Waals surface area contributed by atoms with Crippen LogP contribution >= 0.6 is 11.8 Å². The van der Waals surface area contributed by atoms with Crippen LogP contribution in [-0.2, 0) is 7.05 Å². The Bertz CT molecular complexity index is 1170. The molecule has 0 aliphatic carbocycles. The monoisotopic (exact) mass is 422 g/mol. The summed E-state index contributed by atoms with van der Waals surface area (Å²) in [7, 11) is 1.85. The highest BCUT2D eigenvalue weighted by Gasteiger charge is 2.21. The van der Waals surface area contributed by atoms with E-state index < -0.39 is 0 Å². The van der Waals surface area contributed by atoms with Gasteiger partial charge in [0.2, 0.25) is 5.16 Å². The van der Waals surface area contributed by atoms with Crippen molar-refractivity contribution in [2.75, 3.05) is 12.4 Å². The largest absolute Gasteiger partial charge is 0.494 e. The zero-order chi connectivity index (χ0) is 20.9. The maximum absolute atomic E-state index is 13.2. The Balaban J connectivity index is 1.49. The number of ether oxygens (including phenoxy) is 1. The fourth-order valence-electron chi connectivity index (χ4n) is 3.14. The van der Waals surface area contributed by atoms with Crippen LogP contribution in [0.25, 0.3) is 11.4 Å². The van der Waals surface area contributed by atoms with Crippen molar-refractivity contribution < 1.29 is 4.74 Å². The van der Waals surface area contributed by atoms with Crippen LogP contribution in [0.3, 0.4) is 0 Å². The van der Waals surface area contributed by atoms with Gasteiger partial charge in [-0.15, -0.1) is 5.10 Å². The summed E-state index contributed by atoms with van der Waals surface area (Å²) >= 11 is 1.50. The molecular weight excluding hydrogens is 400 g/mol. The Morgan fingerprint density at radius 2 is 1.73 bits per heavy atom. The predicted molar refractivity (Wildman–Crippen MR) is 116 cm³/mol. The lowest BCUT2D eigenvalue weighted by Crippen LogP contribution is -2.22. The summed E-state index contributed by atoms with van der Waals surface area (Å²) in [5, 5.41) is 12.6. The highest BCUT2D eigenvalue weighted by atomic mass is 32.2. The first-order chi connectivity index (χ1) is 14.7. The molecule has 4 rings (SSSR count). The molecule has 4 aromatic rings. The van der Waals surface area contributed by atoms with Gasteiger partial charge in [-0.05, 0) is 48.0 Å². The average Bonchev–Trinajstić information content (AvgIpc) is 3.31. The number of tetrazole rings is 1. The van der Waals surface area contributed by atoms with Crippen LogP contribution in [0.2, 0.25) is 0 Å². The second-order valence-electron chi connectivity index (χ2n) is 6.65. The van der Waals surface area contributed by atoms with Crippen molar-refractivity contribution >= 4 is 11.8 Å². The van der Waals surface area contributed by atoms with Gasteiger partial charge < -0.3 is 4.74 Å². The summed E-state index contributed by atoms with van der Waals surface area (Å²) in [6, 6.07) is 19.2. The van der Waals surface area contributed by atoms with E-state index in [1.165, 1.54) is 16.4 Å². The molecule has 0 radical (unpaired) electrons. The number of nitrogens with zero attached hydrogens (tertiary/aromatic N) is 6. The lowest BCUT2D eigenvalue weighted by Gasteiger charge is -2.07. The van der Waals surface area contributed by atoms with E-state index in [9.17, 15) is 4.79 Å². The summed E-state index contributed by atoms with van der Waals surface area (Å²) in [5.74, 6) is 1.63. The number of aromatic nitrogens is 6. The second kappa shape index (κ2) is 9.00. The molecule has 0 aliphatic heterocycles. The van der Waals surface area contributed by atoms with Gasteiger partial charge in [-0.25, -0.2) is 4.68 Å². The number of benzene rings is 2. The zero-order valence-electron chi connectivity index (χ0n) is 16.8. The van der Waals surface area contributed by atoms with E-state index in [1.54, 1.807) is 4.68 Å². The molecule has 0 amide bonds. The van der Waals surface area contributed by atoms with Crippen molar-refractivity contribution in [2.24, 2.45) is 7.05 Å². The SMILES string of the molecule is Cc1c(-n2nnnc2SCCCOc2ccccc2)c(=O)n(-c2ccccc2)n1C. The van der Waals surface area contributed by atoms with Crippen molar-refractivity contribution in [3.63, 3.8) is 0 Å². The lowest BCUT2D eigenvalue weighted by atomic mass is 10.3. The van der Waals surface area contributed by atoms with Crippen molar-refractivity contribution in [3.8, 4) is 17.1 Å². The molecule has 2 aromatic heterocycles. The molecule has 0 bridgehead atoms. The Labute approximate surface area is 178 Å². The molecule has 0 saturated heterocycles. The molecule has 0 fully saturated rings. The Morgan fingerprint density at radius 3 is 2.47 bits per heavy atom. The van der Waals surface area contributed by atoms with Gasteiger partial charge in [0.1, 0.15) is 5.75 Å². The maximum Gasteiger partial charge on any atom is 0.297 e. The van der Waals surface area contributed by atoms with Crippen molar-refractivity contribution in [1.29, 1.82) is 0 Å². The van der Waals surface area contributed by atoms with Crippen LogP contribution < -0.4 is 10.3 Å². The minimum atomic E-state index is -0.164. The van der Waals surface area contributed by atoms with Crippen molar-refractivity contribution in [3.05, 3.63) is 76.7 Å². The molecule has 9 heteroatoms. The van der Waals surface area contributed by atoms with Gasteiger partial charge in [-0.1, -0.05) is 48.2 Å². The standard InChI is InChI=1S/C21H22N6O2S/c1-16-19(20(28)27(25(16)2)17-10-5-3-6-11-17)26-21(22-23-24-26)30-15-9-14-29-18-12-7-4-8-13-18/h3-8,10-13H,9,14-15H2,1-2H3. The molecule has 154 valence electrons. The van der Waals surface area contributed by atoms with Crippen LogP contribution in [0.15, 0.2) is 70.6 Å². The summed E-state index contributed by atoms with van der Waals surface area (Å²) < 4.78 is 10.7. The van der Waals surface area contributed by atoms with E-state index in [0.717, 1.165) is 29.3 Å². The number of hydrogen-bond acceptors (Lipinski definition) is 6. The molecule has 8 nitrogen and oxygen atoms in total. The molecular formula is C21H22N6O2S. The van der Waals surface area contributed by atoms with Crippen LogP contribution in [0.5, 0.6) is 5.75 Å². The zero-order valence-corrected chi connectivity index (χ0v) is 17.6. The predicted octanol–water partition coefficient (Wildman–Crippen LogP) is 3.02. The highest BCUT2D eigenvalue weighted by molar-refractivity contribution is 7.99. The number of para-hydroxylation sites is 2. The van der Waals surface area contributed by atoms with Gasteiger partial charge >= 0.3 is 0 Å². The summed E-state index contributed by atoms with van der Waals surface area (Å²) in [6.45, 7) is 2.49. The molecule has 30 heavy (non-hydrogen) atoms. The first-order valence-corrected chi connectivity index (χ1v) is 10.6. The maximum atomic E-state index is 13.2. The first-order valence-electron chi connectivity index (χ1n) is 9.60. The molecule has 2 aromatic carbocycles. The van der Waals surface area contributed by atoms with Crippen LogP contribution in [0, 0.1) is 6.92 Å². The van der Waals surface area contributed by atoms with Gasteiger partial charge in [-0.3, -0.25) is 9.48 Å². The van der Waals surface area contributed by atoms with E-state index in [-0.39, 0.29) is 5.56 Å². The Kier molecular flexibility index (Phi) is 5.99. The minimum absolute atomic E-state index is 0.164. The van der Waals surface area contributed by atoms with Crippen LogP contribution in [-0.4, -0.2) is 41.9 Å². The summed E-state index contributed by atoms with van der Waals surface area (Å²) in [4.78, 5) is 13.2. The third-order valence-electron chi connectivity index (χ3n) is 4.71. The van der Waals surface area contributed by atoms with Gasteiger partial charge in [0.25, 0.3) is 5.56 Å². The third-order valence-corrected chi connectivity index (χ3v) is 5.71. The number of rotatable bonds is 8. The summed E-state index contributed by atoms with van der Waals surface area (Å²) in [5.41, 5.74) is 1.86. The Hall–Kier alpha value is -3.33. The lowest BCUT2D eigenvalue weighted by molar-refractivity contribution is 0.318. The fourth-order valence-corrected chi connectivity index (χ4v) is 3.93. The second-order valence-corrected chi connectivity index (χ2v) is 7.71. The topological polar surface area (TPSA) is 79.8 Å². The van der Waals surface area contributed by atoms with Crippen molar-refractivity contribution in [2.45, 2.75) is 18.5 Å². The molecule has 2 heterocycles. The highest BCUT2D eigenvalue weighted by Crippen LogP contribution is 2.20. The third kappa shape index (κ3) is 4.02. The van der Waals surface area contributed by atoms with Gasteiger partial charge in [-0.2, -0.15) is 4.68 Å². The normalized spacial score (nSPS) is 11.0. The van der Waals surface area contributed by atoms with Gasteiger partial charge in [0.15, 0.2) is 5.69 Å². The fraction of sp³-hybridized carbons (Fsp3) is 0.238. The van der Waals surface area contributed by atoms with Crippen LogP contribution in [0.4, 0.5) is 0 Å². The first kappa shape index (κ1) is 20.0. The van der Waals surface area contributed by atoms with E-state index in [0.29, 0.717) is 17.5 Å². The van der Waals surface area contributed by atoms with E-state index in [4.69, 9.17) is 4.74 Å². The molecule has 0 spiro atoms. The number of thioether (sulfide) groups is 1. The smallest absolute Gasteiger partial charge is 0.297 e. The number of hydrogen-bond donors (Lipinski definition) is 0. The molecule has 0 atom stereocenters. The quantitative estimate of drug-likeness (QED) is 0.321. The Morgan fingerprint density at radius 1 is 1.03 bits per heavy atom. The van der Waals surface area contributed by atoms with E-state index in [2.05, 4.69) is 15.5 Å². The molecule has 0 aliphatic rings. The van der Waals surface area contributed by atoms with Crippen molar-refractivity contribution in [1.82, 2.24) is 29.6 Å². The summed E-state index contributed by atoms with van der Waals surface area (Å²) in [6.07, 6.45) is 0.828. The van der Waals surface area contributed by atoms with Gasteiger partial charge in [0.05, 0.1) is 18.0 Å². The molecule has 0 N–H and O–H groups in total. The van der Waals surface area contributed by atoms with Crippen LogP contribution in [0.1, 0.15) is 12.1 Å². The van der Waals surface area contributed by atoms with Gasteiger partial charge in [0, 0.05) is 12.8 Å². The minimum Gasteiger partial charge on any atom is -0.494 e. The van der Waals surface area contributed by atoms with E-state index >= 15 is 0 Å². The average molecular weight is 423 g/mol.